The first kappa shape index (κ1) is 22.3. The number of rotatable bonds is 6. The summed E-state index contributed by atoms with van der Waals surface area (Å²) in [6, 6.07) is 19.3. The molecule has 3 aromatic carbocycles. The molecule has 4 rings (SSSR count). The average molecular weight is 486 g/mol. The molecular formula is C24H17Cl2NO4S. The lowest BCUT2D eigenvalue weighted by Gasteiger charge is -2.13. The first-order chi connectivity index (χ1) is 15.4. The predicted molar refractivity (Wildman–Crippen MR) is 129 cm³/mol. The Morgan fingerprint density at radius 2 is 1.72 bits per heavy atom. The van der Waals surface area contributed by atoms with Crippen molar-refractivity contribution < 1.29 is 19.1 Å². The Morgan fingerprint density at radius 3 is 2.44 bits per heavy atom. The van der Waals surface area contributed by atoms with Gasteiger partial charge in [0.15, 0.2) is 11.5 Å². The Bertz CT molecular complexity index is 1210. The summed E-state index contributed by atoms with van der Waals surface area (Å²) < 4.78 is 11.3. The predicted octanol–water partition coefficient (Wildman–Crippen LogP) is 6.82. The normalized spacial score (nSPS) is 14.8. The van der Waals surface area contributed by atoms with E-state index in [1.807, 2.05) is 12.1 Å². The van der Waals surface area contributed by atoms with Gasteiger partial charge in [0.2, 0.25) is 0 Å². The van der Waals surface area contributed by atoms with Crippen molar-refractivity contribution in [3.63, 3.8) is 0 Å². The van der Waals surface area contributed by atoms with Crippen LogP contribution in [0.5, 0.6) is 11.5 Å². The van der Waals surface area contributed by atoms with E-state index < -0.39 is 5.91 Å². The van der Waals surface area contributed by atoms with Crippen LogP contribution in [0.1, 0.15) is 11.1 Å². The molecular weight excluding hydrogens is 469 g/mol. The van der Waals surface area contributed by atoms with Crippen LogP contribution < -0.4 is 14.4 Å². The lowest BCUT2D eigenvalue weighted by molar-refractivity contribution is -0.113. The third kappa shape index (κ3) is 4.93. The number of methoxy groups -OCH3 is 1. The molecule has 0 aliphatic carbocycles. The van der Waals surface area contributed by atoms with Gasteiger partial charge in [0.1, 0.15) is 6.61 Å². The monoisotopic (exact) mass is 485 g/mol. The van der Waals surface area contributed by atoms with E-state index in [1.165, 1.54) is 0 Å². The van der Waals surface area contributed by atoms with Crippen LogP contribution in [0.4, 0.5) is 10.5 Å². The molecule has 1 saturated heterocycles. The molecule has 32 heavy (non-hydrogen) atoms. The van der Waals surface area contributed by atoms with Gasteiger partial charge in [-0.2, -0.15) is 0 Å². The van der Waals surface area contributed by atoms with E-state index in [2.05, 4.69) is 0 Å². The summed E-state index contributed by atoms with van der Waals surface area (Å²) in [4.78, 5) is 26.8. The van der Waals surface area contributed by atoms with Crippen LogP contribution in [-0.4, -0.2) is 18.3 Å². The second kappa shape index (κ2) is 9.69. The average Bonchev–Trinajstić information content (AvgIpc) is 3.06. The Kier molecular flexibility index (Phi) is 6.74. The quantitative estimate of drug-likeness (QED) is 0.358. The topological polar surface area (TPSA) is 55.8 Å². The zero-order valence-electron chi connectivity index (χ0n) is 16.9. The third-order valence-electron chi connectivity index (χ3n) is 4.65. The molecule has 1 aliphatic heterocycles. The second-order valence-corrected chi connectivity index (χ2v) is 8.69. The maximum absolute atomic E-state index is 12.9. The summed E-state index contributed by atoms with van der Waals surface area (Å²) in [5, 5.41) is 0.722. The van der Waals surface area contributed by atoms with Crippen LogP contribution in [0.2, 0.25) is 10.0 Å². The van der Waals surface area contributed by atoms with E-state index in [0.29, 0.717) is 44.3 Å². The smallest absolute Gasteiger partial charge is 0.298 e. The molecule has 0 N–H and O–H groups in total. The highest BCUT2D eigenvalue weighted by Gasteiger charge is 2.36. The number of nitrogens with zero attached hydrogens (tertiary/aromatic N) is 1. The van der Waals surface area contributed by atoms with Crippen molar-refractivity contribution in [3.8, 4) is 11.5 Å². The van der Waals surface area contributed by atoms with Crippen LogP contribution in [0.15, 0.2) is 71.6 Å². The number of hydrogen-bond acceptors (Lipinski definition) is 5. The molecule has 0 bridgehead atoms. The van der Waals surface area contributed by atoms with Crippen molar-refractivity contribution in [2.75, 3.05) is 12.0 Å². The molecule has 0 unspecified atom stereocenters. The van der Waals surface area contributed by atoms with Gasteiger partial charge in [0, 0.05) is 10.0 Å². The molecule has 2 amide bonds. The number of ether oxygens (including phenoxy) is 2. The van der Waals surface area contributed by atoms with Crippen molar-refractivity contribution in [1.29, 1.82) is 0 Å². The Hall–Kier alpha value is -2.93. The molecule has 1 aliphatic rings. The van der Waals surface area contributed by atoms with Crippen LogP contribution in [-0.2, 0) is 11.4 Å². The number of anilines is 1. The number of halogens is 2. The summed E-state index contributed by atoms with van der Waals surface area (Å²) in [6.07, 6.45) is 1.66. The van der Waals surface area contributed by atoms with Gasteiger partial charge in [0.05, 0.1) is 17.7 Å². The van der Waals surface area contributed by atoms with Crippen LogP contribution >= 0.6 is 35.0 Å². The van der Waals surface area contributed by atoms with Crippen LogP contribution in [0, 0.1) is 0 Å². The maximum atomic E-state index is 12.9. The summed E-state index contributed by atoms with van der Waals surface area (Å²) >= 11 is 12.8. The number of thioether (sulfide) groups is 1. The number of carbonyl (C=O) groups excluding carboxylic acids is 2. The van der Waals surface area contributed by atoms with Gasteiger partial charge in [0.25, 0.3) is 11.1 Å². The van der Waals surface area contributed by atoms with Crippen molar-refractivity contribution in [1.82, 2.24) is 0 Å². The van der Waals surface area contributed by atoms with E-state index >= 15 is 0 Å². The standard InChI is InChI=1S/C24H17Cl2NO4S/c1-30-20-10-7-16(11-21(20)31-14-15-5-8-17(25)9-6-15)12-22-23(28)27(24(29)32-22)19-4-2-3-18(26)13-19/h2-13H,14H2,1H3/b22-12+. The molecule has 0 spiro atoms. The van der Waals surface area contributed by atoms with E-state index in [1.54, 1.807) is 67.8 Å². The second-order valence-electron chi connectivity index (χ2n) is 6.82. The van der Waals surface area contributed by atoms with Crippen molar-refractivity contribution in [2.24, 2.45) is 0 Å². The highest BCUT2D eigenvalue weighted by molar-refractivity contribution is 8.19. The molecule has 1 fully saturated rings. The van der Waals surface area contributed by atoms with Gasteiger partial charge in [-0.3, -0.25) is 9.59 Å². The summed E-state index contributed by atoms with van der Waals surface area (Å²) in [5.41, 5.74) is 2.09. The Labute approximate surface area is 199 Å². The van der Waals surface area contributed by atoms with Crippen LogP contribution in [0.3, 0.4) is 0 Å². The van der Waals surface area contributed by atoms with Gasteiger partial charge in [-0.1, -0.05) is 47.5 Å². The fourth-order valence-corrected chi connectivity index (χ4v) is 4.25. The summed E-state index contributed by atoms with van der Waals surface area (Å²) in [5.74, 6) is 0.676. The zero-order valence-corrected chi connectivity index (χ0v) is 19.2. The third-order valence-corrected chi connectivity index (χ3v) is 6.01. The van der Waals surface area contributed by atoms with Gasteiger partial charge in [-0.25, -0.2) is 4.90 Å². The van der Waals surface area contributed by atoms with Crippen LogP contribution in [0.25, 0.3) is 6.08 Å². The zero-order chi connectivity index (χ0) is 22.7. The van der Waals surface area contributed by atoms with E-state index in [0.717, 1.165) is 22.2 Å². The number of benzene rings is 3. The molecule has 1 heterocycles. The van der Waals surface area contributed by atoms with E-state index in [4.69, 9.17) is 32.7 Å². The molecule has 162 valence electrons. The van der Waals surface area contributed by atoms with Crippen molar-refractivity contribution in [2.45, 2.75) is 6.61 Å². The first-order valence-corrected chi connectivity index (χ1v) is 11.1. The maximum Gasteiger partial charge on any atom is 0.298 e. The van der Waals surface area contributed by atoms with Gasteiger partial charge < -0.3 is 9.47 Å². The fourth-order valence-electron chi connectivity index (χ4n) is 3.09. The molecule has 5 nitrogen and oxygen atoms in total. The van der Waals surface area contributed by atoms with E-state index in [9.17, 15) is 9.59 Å². The van der Waals surface area contributed by atoms with Gasteiger partial charge in [-0.05, 0) is 71.4 Å². The molecule has 3 aromatic rings. The lowest BCUT2D eigenvalue weighted by atomic mass is 10.1. The molecule has 0 saturated carbocycles. The molecule has 0 atom stereocenters. The fraction of sp³-hybridized carbons (Fsp3) is 0.0833. The minimum atomic E-state index is -0.401. The molecule has 8 heteroatoms. The largest absolute Gasteiger partial charge is 0.493 e. The first-order valence-electron chi connectivity index (χ1n) is 9.53. The van der Waals surface area contributed by atoms with Gasteiger partial charge >= 0.3 is 0 Å². The number of amides is 2. The lowest BCUT2D eigenvalue weighted by Crippen LogP contribution is -2.27. The number of imide groups is 1. The number of hydrogen-bond donors (Lipinski definition) is 0. The summed E-state index contributed by atoms with van der Waals surface area (Å²) in [7, 11) is 1.56. The Morgan fingerprint density at radius 1 is 0.938 bits per heavy atom. The minimum absolute atomic E-state index is 0.309. The van der Waals surface area contributed by atoms with Crippen molar-refractivity contribution >= 4 is 57.9 Å². The number of carbonyl (C=O) groups is 2. The van der Waals surface area contributed by atoms with E-state index in [-0.39, 0.29) is 5.24 Å². The van der Waals surface area contributed by atoms with Gasteiger partial charge in [-0.15, -0.1) is 0 Å². The Balaban J connectivity index is 1.57. The SMILES string of the molecule is COc1ccc(/C=C2/SC(=O)N(c3cccc(Cl)c3)C2=O)cc1OCc1ccc(Cl)cc1. The molecule has 0 aromatic heterocycles. The van der Waals surface area contributed by atoms with Crippen molar-refractivity contribution in [3.05, 3.63) is 92.8 Å². The highest BCUT2D eigenvalue weighted by atomic mass is 35.5. The summed E-state index contributed by atoms with van der Waals surface area (Å²) in [6.45, 7) is 0.322. The highest BCUT2D eigenvalue weighted by Crippen LogP contribution is 2.37. The molecule has 0 radical (unpaired) electrons. The minimum Gasteiger partial charge on any atom is -0.493 e.